The van der Waals surface area contributed by atoms with Crippen LogP contribution >= 0.6 is 0 Å². The van der Waals surface area contributed by atoms with E-state index in [0.29, 0.717) is 13.2 Å². The first-order valence-corrected chi connectivity index (χ1v) is 8.82. The maximum absolute atomic E-state index is 10.2. The van der Waals surface area contributed by atoms with Crippen molar-refractivity contribution in [3.8, 4) is 5.75 Å². The highest BCUT2D eigenvalue weighted by Crippen LogP contribution is 2.27. The average Bonchev–Trinajstić information content (AvgIpc) is 2.88. The van der Waals surface area contributed by atoms with Gasteiger partial charge in [0.25, 0.3) is 0 Å². The molecule has 23 heavy (non-hydrogen) atoms. The molecule has 2 N–H and O–H groups in total. The van der Waals surface area contributed by atoms with Gasteiger partial charge in [0.2, 0.25) is 0 Å². The van der Waals surface area contributed by atoms with E-state index in [2.05, 4.69) is 52.1 Å². The lowest BCUT2D eigenvalue weighted by atomic mass is 9.82. The highest BCUT2D eigenvalue weighted by Gasteiger charge is 2.25. The summed E-state index contributed by atoms with van der Waals surface area (Å²) in [5.74, 6) is 0.874. The number of fused-ring (bicyclic) bond motifs is 1. The number of aliphatic hydroxyl groups is 1. The number of rotatable bonds is 7. The summed E-state index contributed by atoms with van der Waals surface area (Å²) in [6.45, 7) is 12.0. The molecule has 1 aromatic rings. The van der Waals surface area contributed by atoms with Gasteiger partial charge in [-0.25, -0.2) is 0 Å². The normalized spacial score (nSPS) is 16.3. The lowest BCUT2D eigenvalue weighted by molar-refractivity contribution is 0.0944. The zero-order chi connectivity index (χ0) is 17.1. The second-order valence-electron chi connectivity index (χ2n) is 8.75. The molecule has 0 aliphatic heterocycles. The summed E-state index contributed by atoms with van der Waals surface area (Å²) in [7, 11) is 0. The van der Waals surface area contributed by atoms with Crippen LogP contribution < -0.4 is 10.1 Å². The molecule has 3 heteroatoms. The smallest absolute Gasteiger partial charge is 0.119 e. The van der Waals surface area contributed by atoms with Gasteiger partial charge >= 0.3 is 0 Å². The maximum Gasteiger partial charge on any atom is 0.119 e. The summed E-state index contributed by atoms with van der Waals surface area (Å²) in [6.07, 6.45) is 4.14. The first-order valence-electron chi connectivity index (χ1n) is 8.82. The number of aliphatic hydroxyl groups excluding tert-OH is 1. The third-order valence-electron chi connectivity index (χ3n) is 4.30. The zero-order valence-electron chi connectivity index (χ0n) is 15.4. The van der Waals surface area contributed by atoms with Crippen LogP contribution in [0.5, 0.6) is 5.75 Å². The van der Waals surface area contributed by atoms with Crippen LogP contribution in [0.1, 0.15) is 58.6 Å². The van der Waals surface area contributed by atoms with Crippen LogP contribution in [0.25, 0.3) is 0 Å². The minimum atomic E-state index is -0.498. The molecule has 130 valence electrons. The van der Waals surface area contributed by atoms with Crippen LogP contribution in [0, 0.1) is 5.41 Å². The summed E-state index contributed by atoms with van der Waals surface area (Å²) in [4.78, 5) is 0. The highest BCUT2D eigenvalue weighted by molar-refractivity contribution is 5.38. The first-order chi connectivity index (χ1) is 10.6. The van der Waals surface area contributed by atoms with Gasteiger partial charge in [0.1, 0.15) is 18.5 Å². The molecule has 0 spiro atoms. The van der Waals surface area contributed by atoms with E-state index in [1.165, 1.54) is 24.0 Å². The van der Waals surface area contributed by atoms with Crippen molar-refractivity contribution in [2.45, 2.75) is 71.9 Å². The highest BCUT2D eigenvalue weighted by atomic mass is 16.5. The van der Waals surface area contributed by atoms with E-state index in [1.807, 2.05) is 6.07 Å². The third-order valence-corrected chi connectivity index (χ3v) is 4.30. The molecule has 0 amide bonds. The number of ether oxygens (including phenoxy) is 1. The lowest BCUT2D eigenvalue weighted by Crippen LogP contribution is -2.46. The van der Waals surface area contributed by atoms with Gasteiger partial charge in [-0.15, -0.1) is 0 Å². The van der Waals surface area contributed by atoms with Gasteiger partial charge in [0.05, 0.1) is 0 Å². The number of β-amino-alcohol motifs (C(OH)–C–C–N with tert-alkyl or cyclic N) is 1. The summed E-state index contributed by atoms with van der Waals surface area (Å²) in [5, 5.41) is 13.6. The molecular weight excluding hydrogens is 286 g/mol. The van der Waals surface area contributed by atoms with Crippen LogP contribution in [-0.4, -0.2) is 29.9 Å². The molecule has 1 atom stereocenters. The fourth-order valence-electron chi connectivity index (χ4n) is 3.67. The molecule has 1 aliphatic carbocycles. The van der Waals surface area contributed by atoms with Gasteiger partial charge in [-0.05, 0) is 68.2 Å². The van der Waals surface area contributed by atoms with E-state index in [9.17, 15) is 5.11 Å². The molecule has 0 unspecified atom stereocenters. The Morgan fingerprint density at radius 2 is 1.83 bits per heavy atom. The van der Waals surface area contributed by atoms with Crippen molar-refractivity contribution in [1.29, 1.82) is 0 Å². The van der Waals surface area contributed by atoms with E-state index >= 15 is 0 Å². The molecule has 2 rings (SSSR count). The lowest BCUT2D eigenvalue weighted by Gasteiger charge is -2.34. The van der Waals surface area contributed by atoms with Gasteiger partial charge < -0.3 is 15.2 Å². The van der Waals surface area contributed by atoms with Crippen molar-refractivity contribution < 1.29 is 9.84 Å². The number of nitrogens with one attached hydrogen (secondary N) is 1. The van der Waals surface area contributed by atoms with Crippen LogP contribution in [-0.2, 0) is 12.8 Å². The van der Waals surface area contributed by atoms with Crippen molar-refractivity contribution in [3.63, 3.8) is 0 Å². The molecule has 0 saturated carbocycles. The van der Waals surface area contributed by atoms with Crippen LogP contribution in [0.4, 0.5) is 0 Å². The largest absolute Gasteiger partial charge is 0.491 e. The summed E-state index contributed by atoms with van der Waals surface area (Å²) >= 11 is 0. The Bertz CT molecular complexity index is 517. The Labute approximate surface area is 141 Å². The van der Waals surface area contributed by atoms with E-state index in [4.69, 9.17) is 4.74 Å². The Balaban J connectivity index is 1.76. The van der Waals surface area contributed by atoms with Gasteiger partial charge in [-0.3, -0.25) is 0 Å². The molecule has 0 saturated heterocycles. The maximum atomic E-state index is 10.2. The standard InChI is InChI=1S/C20H33NO2/c1-19(2,3)14-20(4,5)21-12-17(22)13-23-18-10-9-15-7-6-8-16(15)11-18/h9-11,17,21-22H,6-8,12-14H2,1-5H3/t17-/m0/s1. The zero-order valence-corrected chi connectivity index (χ0v) is 15.4. The van der Waals surface area contributed by atoms with Crippen molar-refractivity contribution >= 4 is 0 Å². The monoisotopic (exact) mass is 319 g/mol. The topological polar surface area (TPSA) is 41.5 Å². The Hall–Kier alpha value is -1.06. The third kappa shape index (κ3) is 6.15. The quantitative estimate of drug-likeness (QED) is 0.805. The number of benzene rings is 1. The van der Waals surface area contributed by atoms with Crippen LogP contribution in [0.3, 0.4) is 0 Å². The molecule has 0 bridgehead atoms. The molecule has 3 nitrogen and oxygen atoms in total. The molecular formula is C20H33NO2. The van der Waals surface area contributed by atoms with Crippen LogP contribution in [0.15, 0.2) is 18.2 Å². The Morgan fingerprint density at radius 3 is 2.52 bits per heavy atom. The number of aryl methyl sites for hydroxylation is 2. The van der Waals surface area contributed by atoms with Gasteiger partial charge in [0, 0.05) is 12.1 Å². The summed E-state index contributed by atoms with van der Waals surface area (Å²) in [6, 6.07) is 6.31. The Morgan fingerprint density at radius 1 is 1.13 bits per heavy atom. The SMILES string of the molecule is CC(C)(C)CC(C)(C)NC[C@H](O)COc1ccc2c(c1)CCC2. The predicted molar refractivity (Wildman–Crippen MR) is 96.1 cm³/mol. The van der Waals surface area contributed by atoms with E-state index in [-0.39, 0.29) is 11.0 Å². The van der Waals surface area contributed by atoms with Gasteiger partial charge in [-0.2, -0.15) is 0 Å². The minimum absolute atomic E-state index is 0.00675. The van der Waals surface area contributed by atoms with Crippen LogP contribution in [0.2, 0.25) is 0 Å². The molecule has 0 fully saturated rings. The fraction of sp³-hybridized carbons (Fsp3) is 0.700. The van der Waals surface area contributed by atoms with E-state index in [1.54, 1.807) is 0 Å². The minimum Gasteiger partial charge on any atom is -0.491 e. The summed E-state index contributed by atoms with van der Waals surface area (Å²) in [5.41, 5.74) is 3.12. The second kappa shape index (κ2) is 7.23. The van der Waals surface area contributed by atoms with E-state index in [0.717, 1.165) is 18.6 Å². The van der Waals surface area contributed by atoms with Crippen molar-refractivity contribution in [2.24, 2.45) is 5.41 Å². The van der Waals surface area contributed by atoms with E-state index < -0.39 is 6.10 Å². The van der Waals surface area contributed by atoms with Crippen molar-refractivity contribution in [2.75, 3.05) is 13.2 Å². The van der Waals surface area contributed by atoms with Crippen molar-refractivity contribution in [1.82, 2.24) is 5.32 Å². The number of hydrogen-bond donors (Lipinski definition) is 2. The predicted octanol–water partition coefficient (Wildman–Crippen LogP) is 3.72. The molecule has 1 aromatic carbocycles. The fourth-order valence-corrected chi connectivity index (χ4v) is 3.67. The molecule has 1 aliphatic rings. The Kier molecular flexibility index (Phi) is 5.74. The van der Waals surface area contributed by atoms with Gasteiger partial charge in [-0.1, -0.05) is 26.8 Å². The molecule has 0 aromatic heterocycles. The number of hydrogen-bond acceptors (Lipinski definition) is 3. The molecule has 0 radical (unpaired) electrons. The van der Waals surface area contributed by atoms with Crippen molar-refractivity contribution in [3.05, 3.63) is 29.3 Å². The first kappa shape index (κ1) is 18.3. The van der Waals surface area contributed by atoms with Gasteiger partial charge in [0.15, 0.2) is 0 Å². The second-order valence-corrected chi connectivity index (χ2v) is 8.75. The summed E-state index contributed by atoms with van der Waals surface area (Å²) < 4.78 is 5.77. The average molecular weight is 319 g/mol. The molecule has 0 heterocycles.